The Morgan fingerprint density at radius 3 is 2.17 bits per heavy atom. The number of hydrogen-bond donors (Lipinski definition) is 1. The lowest BCUT2D eigenvalue weighted by atomic mass is 10.0. The first-order valence-corrected chi connectivity index (χ1v) is 4.39. The summed E-state index contributed by atoms with van der Waals surface area (Å²) in [4.78, 5) is 1.85. The molecule has 2 N–H and O–H groups in total. The lowest BCUT2D eigenvalue weighted by molar-refractivity contribution is 0.110. The summed E-state index contributed by atoms with van der Waals surface area (Å²) in [7, 11) is 0. The van der Waals surface area contributed by atoms with Crippen molar-refractivity contribution in [3.63, 3.8) is 0 Å². The van der Waals surface area contributed by atoms with E-state index in [1.54, 1.807) is 0 Å². The SMILES string of the molecule is NC1CCN(C(CF)CF)CC1. The fourth-order valence-electron chi connectivity index (χ4n) is 1.52. The molecular formula is C8H16F2N2. The Morgan fingerprint density at radius 1 is 1.25 bits per heavy atom. The van der Waals surface area contributed by atoms with Crippen molar-refractivity contribution in [1.29, 1.82) is 0 Å². The van der Waals surface area contributed by atoms with Crippen LogP contribution in [0.3, 0.4) is 0 Å². The number of nitrogens with two attached hydrogens (primary N) is 1. The molecule has 0 aromatic rings. The molecule has 0 aliphatic carbocycles. The summed E-state index contributed by atoms with van der Waals surface area (Å²) in [6.45, 7) is 0.289. The first kappa shape index (κ1) is 9.86. The van der Waals surface area contributed by atoms with E-state index in [9.17, 15) is 8.78 Å². The number of alkyl halides is 2. The van der Waals surface area contributed by atoms with Crippen molar-refractivity contribution in [2.75, 3.05) is 26.4 Å². The highest BCUT2D eigenvalue weighted by atomic mass is 19.1. The lowest BCUT2D eigenvalue weighted by Crippen LogP contribution is -2.46. The van der Waals surface area contributed by atoms with Gasteiger partial charge in [-0.3, -0.25) is 4.90 Å². The molecule has 72 valence electrons. The van der Waals surface area contributed by atoms with Crippen LogP contribution in [-0.4, -0.2) is 43.4 Å². The zero-order valence-corrected chi connectivity index (χ0v) is 7.18. The number of piperidine rings is 1. The predicted octanol–water partition coefficient (Wildman–Crippen LogP) is 0.717. The summed E-state index contributed by atoms with van der Waals surface area (Å²) in [6, 6.07) is -0.307. The highest BCUT2D eigenvalue weighted by molar-refractivity contribution is 4.79. The lowest BCUT2D eigenvalue weighted by Gasteiger charge is -2.33. The van der Waals surface area contributed by atoms with Crippen molar-refractivity contribution in [1.82, 2.24) is 4.90 Å². The molecule has 0 radical (unpaired) electrons. The van der Waals surface area contributed by atoms with E-state index in [-0.39, 0.29) is 6.04 Å². The molecule has 0 spiro atoms. The maximum absolute atomic E-state index is 12.2. The van der Waals surface area contributed by atoms with Gasteiger partial charge in [-0.1, -0.05) is 0 Å². The zero-order chi connectivity index (χ0) is 8.97. The van der Waals surface area contributed by atoms with Crippen LogP contribution in [0.4, 0.5) is 8.78 Å². The number of halogens is 2. The first-order chi connectivity index (χ1) is 5.77. The molecule has 1 fully saturated rings. The van der Waals surface area contributed by atoms with E-state index < -0.39 is 19.4 Å². The van der Waals surface area contributed by atoms with Crippen molar-refractivity contribution in [3.8, 4) is 0 Å². The fourth-order valence-corrected chi connectivity index (χ4v) is 1.52. The molecule has 0 amide bonds. The minimum atomic E-state index is -0.592. The largest absolute Gasteiger partial charge is 0.328 e. The minimum absolute atomic E-state index is 0.223. The second-order valence-electron chi connectivity index (χ2n) is 3.34. The summed E-state index contributed by atoms with van der Waals surface area (Å²) >= 11 is 0. The second kappa shape index (κ2) is 4.72. The molecule has 2 nitrogen and oxygen atoms in total. The maximum atomic E-state index is 12.2. The highest BCUT2D eigenvalue weighted by Gasteiger charge is 2.22. The molecule has 1 saturated heterocycles. The molecule has 0 aromatic carbocycles. The molecule has 1 aliphatic rings. The van der Waals surface area contributed by atoms with Crippen LogP contribution in [0.25, 0.3) is 0 Å². The minimum Gasteiger partial charge on any atom is -0.328 e. The number of rotatable bonds is 3. The van der Waals surface area contributed by atoms with Gasteiger partial charge in [0.2, 0.25) is 0 Å². The van der Waals surface area contributed by atoms with Gasteiger partial charge in [0.1, 0.15) is 13.3 Å². The van der Waals surface area contributed by atoms with Crippen LogP contribution in [0.2, 0.25) is 0 Å². The quantitative estimate of drug-likeness (QED) is 0.690. The van der Waals surface area contributed by atoms with Gasteiger partial charge < -0.3 is 5.73 Å². The van der Waals surface area contributed by atoms with E-state index in [1.165, 1.54) is 0 Å². The highest BCUT2D eigenvalue weighted by Crippen LogP contribution is 2.12. The Balaban J connectivity index is 2.32. The van der Waals surface area contributed by atoms with Gasteiger partial charge in [0.15, 0.2) is 0 Å². The third-order valence-electron chi connectivity index (χ3n) is 2.45. The summed E-state index contributed by atoms with van der Waals surface area (Å²) in [6.07, 6.45) is 1.72. The van der Waals surface area contributed by atoms with Crippen molar-refractivity contribution in [2.24, 2.45) is 5.73 Å². The molecule has 0 saturated carbocycles. The van der Waals surface area contributed by atoms with E-state index in [1.807, 2.05) is 4.90 Å². The van der Waals surface area contributed by atoms with E-state index in [4.69, 9.17) is 5.73 Å². The average molecular weight is 178 g/mol. The molecule has 1 heterocycles. The van der Waals surface area contributed by atoms with Gasteiger partial charge in [0.05, 0.1) is 6.04 Å². The zero-order valence-electron chi connectivity index (χ0n) is 7.18. The molecular weight excluding hydrogens is 162 g/mol. The van der Waals surface area contributed by atoms with Crippen LogP contribution in [0.5, 0.6) is 0 Å². The molecule has 0 atom stereocenters. The van der Waals surface area contributed by atoms with Crippen molar-refractivity contribution in [2.45, 2.75) is 24.9 Å². The van der Waals surface area contributed by atoms with Gasteiger partial charge in [-0.05, 0) is 12.8 Å². The summed E-state index contributed by atoms with van der Waals surface area (Å²) in [5.41, 5.74) is 5.67. The Hall–Kier alpha value is -0.220. The average Bonchev–Trinajstić information content (AvgIpc) is 2.10. The van der Waals surface area contributed by atoms with Gasteiger partial charge in [-0.2, -0.15) is 0 Å². The van der Waals surface area contributed by atoms with Crippen LogP contribution in [0.15, 0.2) is 0 Å². The smallest absolute Gasteiger partial charge is 0.107 e. The van der Waals surface area contributed by atoms with E-state index in [2.05, 4.69) is 0 Å². The summed E-state index contributed by atoms with van der Waals surface area (Å²) < 4.78 is 24.5. The molecule has 0 aromatic heterocycles. The summed E-state index contributed by atoms with van der Waals surface area (Å²) in [5.74, 6) is 0. The van der Waals surface area contributed by atoms with Gasteiger partial charge >= 0.3 is 0 Å². The maximum Gasteiger partial charge on any atom is 0.107 e. The molecule has 1 aliphatic heterocycles. The standard InChI is InChI=1S/C8H16F2N2/c9-5-8(6-10)12-3-1-7(11)2-4-12/h7-8H,1-6,11H2. The topological polar surface area (TPSA) is 29.3 Å². The third-order valence-corrected chi connectivity index (χ3v) is 2.45. The van der Waals surface area contributed by atoms with E-state index >= 15 is 0 Å². The Morgan fingerprint density at radius 2 is 1.75 bits per heavy atom. The number of hydrogen-bond acceptors (Lipinski definition) is 2. The van der Waals surface area contributed by atoms with Crippen LogP contribution < -0.4 is 5.73 Å². The predicted molar refractivity (Wildman–Crippen MR) is 44.5 cm³/mol. The third kappa shape index (κ3) is 2.38. The van der Waals surface area contributed by atoms with Gasteiger partial charge in [0.25, 0.3) is 0 Å². The van der Waals surface area contributed by atoms with Crippen LogP contribution in [0.1, 0.15) is 12.8 Å². The van der Waals surface area contributed by atoms with E-state index in [0.717, 1.165) is 25.9 Å². The first-order valence-electron chi connectivity index (χ1n) is 4.39. The monoisotopic (exact) mass is 178 g/mol. The Labute approximate surface area is 71.7 Å². The van der Waals surface area contributed by atoms with Crippen molar-refractivity contribution < 1.29 is 8.78 Å². The Kier molecular flexibility index (Phi) is 3.88. The van der Waals surface area contributed by atoms with Gasteiger partial charge in [-0.15, -0.1) is 0 Å². The molecule has 12 heavy (non-hydrogen) atoms. The number of likely N-dealkylation sites (tertiary alicyclic amines) is 1. The van der Waals surface area contributed by atoms with Crippen LogP contribution >= 0.6 is 0 Å². The van der Waals surface area contributed by atoms with Crippen LogP contribution in [0, 0.1) is 0 Å². The molecule has 4 heteroatoms. The van der Waals surface area contributed by atoms with Gasteiger partial charge in [0, 0.05) is 19.1 Å². The van der Waals surface area contributed by atoms with Gasteiger partial charge in [-0.25, -0.2) is 8.78 Å². The van der Waals surface area contributed by atoms with Crippen molar-refractivity contribution >= 4 is 0 Å². The Bertz CT molecular complexity index is 120. The molecule has 0 unspecified atom stereocenters. The normalized spacial score (nSPS) is 22.0. The number of nitrogens with zero attached hydrogens (tertiary/aromatic N) is 1. The molecule has 0 bridgehead atoms. The van der Waals surface area contributed by atoms with E-state index in [0.29, 0.717) is 0 Å². The summed E-state index contributed by atoms with van der Waals surface area (Å²) in [5, 5.41) is 0. The van der Waals surface area contributed by atoms with Crippen molar-refractivity contribution in [3.05, 3.63) is 0 Å². The van der Waals surface area contributed by atoms with Crippen LogP contribution in [-0.2, 0) is 0 Å². The fraction of sp³-hybridized carbons (Fsp3) is 1.00. The second-order valence-corrected chi connectivity index (χ2v) is 3.34. The molecule has 1 rings (SSSR count).